The van der Waals surface area contributed by atoms with Gasteiger partial charge in [-0.2, -0.15) is 4.99 Å². The number of aryl methyl sites for hydroxylation is 1. The lowest BCUT2D eigenvalue weighted by molar-refractivity contribution is 0.0996. The van der Waals surface area contributed by atoms with Crippen LogP contribution in [0.15, 0.2) is 35.3 Å². The smallest absolute Gasteiger partial charge is 0.279 e. The van der Waals surface area contributed by atoms with Gasteiger partial charge in [-0.25, -0.2) is 0 Å². The van der Waals surface area contributed by atoms with Gasteiger partial charge in [-0.1, -0.05) is 18.3 Å². The molecular weight excluding hydrogens is 392 g/mol. The summed E-state index contributed by atoms with van der Waals surface area (Å²) in [5, 5.41) is 0. The first-order valence-electron chi connectivity index (χ1n) is 9.64. The molecule has 1 amide bonds. The van der Waals surface area contributed by atoms with Crippen LogP contribution in [0.1, 0.15) is 23.7 Å². The fourth-order valence-electron chi connectivity index (χ4n) is 3.46. The van der Waals surface area contributed by atoms with Gasteiger partial charge in [0.05, 0.1) is 10.2 Å². The van der Waals surface area contributed by atoms with Gasteiger partial charge in [-0.3, -0.25) is 4.79 Å². The zero-order chi connectivity index (χ0) is 19.8. The van der Waals surface area contributed by atoms with Crippen LogP contribution >= 0.6 is 11.3 Å². The molecule has 0 aliphatic carbocycles. The standard InChI is InChI=1S/C21H20N2O5S/c1-2-5-23-14-11-17-18(28-9-8-27-17)12-19(14)29-21(23)22-20(24)13-3-4-15-16(10-13)26-7-6-25-15/h3-4,10-12H,2,5-9H2,1H3. The van der Waals surface area contributed by atoms with Gasteiger partial charge in [-0.05, 0) is 24.6 Å². The molecule has 8 heteroatoms. The molecule has 5 rings (SSSR count). The van der Waals surface area contributed by atoms with Gasteiger partial charge in [0, 0.05) is 24.2 Å². The van der Waals surface area contributed by atoms with Crippen LogP contribution in [0.2, 0.25) is 0 Å². The third-order valence-corrected chi connectivity index (χ3v) is 5.82. The summed E-state index contributed by atoms with van der Waals surface area (Å²) in [5.74, 6) is 2.39. The first kappa shape index (κ1) is 18.1. The molecule has 3 aromatic rings. The van der Waals surface area contributed by atoms with E-state index in [1.165, 1.54) is 11.3 Å². The number of benzene rings is 2. The number of amides is 1. The minimum absolute atomic E-state index is 0.310. The quantitative estimate of drug-likeness (QED) is 0.659. The summed E-state index contributed by atoms with van der Waals surface area (Å²) in [5.41, 5.74) is 1.47. The Labute approximate surface area is 171 Å². The van der Waals surface area contributed by atoms with E-state index in [9.17, 15) is 4.79 Å². The van der Waals surface area contributed by atoms with Crippen molar-refractivity contribution in [1.29, 1.82) is 0 Å². The molecule has 0 spiro atoms. The lowest BCUT2D eigenvalue weighted by Crippen LogP contribution is -2.18. The van der Waals surface area contributed by atoms with Crippen molar-refractivity contribution in [1.82, 2.24) is 4.57 Å². The molecule has 0 atom stereocenters. The van der Waals surface area contributed by atoms with Crippen molar-refractivity contribution in [2.75, 3.05) is 26.4 Å². The molecule has 0 N–H and O–H groups in total. The van der Waals surface area contributed by atoms with Crippen molar-refractivity contribution >= 4 is 27.5 Å². The van der Waals surface area contributed by atoms with Crippen molar-refractivity contribution in [2.45, 2.75) is 19.9 Å². The van der Waals surface area contributed by atoms with Crippen molar-refractivity contribution in [3.05, 3.63) is 40.7 Å². The Hall–Kier alpha value is -3.00. The second-order valence-corrected chi connectivity index (χ2v) is 7.78. The number of nitrogens with zero attached hydrogens (tertiary/aromatic N) is 2. The van der Waals surface area contributed by atoms with Gasteiger partial charge in [0.25, 0.3) is 5.91 Å². The van der Waals surface area contributed by atoms with E-state index in [1.54, 1.807) is 18.2 Å². The van der Waals surface area contributed by atoms with Crippen LogP contribution in [-0.2, 0) is 6.54 Å². The van der Waals surface area contributed by atoms with E-state index < -0.39 is 0 Å². The van der Waals surface area contributed by atoms with Crippen LogP contribution in [0, 0.1) is 0 Å². The number of hydrogen-bond donors (Lipinski definition) is 0. The third kappa shape index (κ3) is 3.33. The predicted molar refractivity (Wildman–Crippen MR) is 108 cm³/mol. The molecule has 0 bridgehead atoms. The van der Waals surface area contributed by atoms with Crippen molar-refractivity contribution in [3.8, 4) is 23.0 Å². The predicted octanol–water partition coefficient (Wildman–Crippen LogP) is 3.40. The minimum atomic E-state index is -0.310. The van der Waals surface area contributed by atoms with E-state index in [0.29, 0.717) is 48.3 Å². The van der Waals surface area contributed by atoms with Crippen LogP contribution in [0.3, 0.4) is 0 Å². The second kappa shape index (κ2) is 7.44. The zero-order valence-electron chi connectivity index (χ0n) is 16.0. The van der Waals surface area contributed by atoms with E-state index >= 15 is 0 Å². The number of ether oxygens (including phenoxy) is 4. The molecule has 3 heterocycles. The Morgan fingerprint density at radius 2 is 1.62 bits per heavy atom. The first-order valence-corrected chi connectivity index (χ1v) is 10.5. The molecule has 0 unspecified atom stereocenters. The Morgan fingerprint density at radius 3 is 2.34 bits per heavy atom. The van der Waals surface area contributed by atoms with Crippen LogP contribution in [0.25, 0.3) is 10.2 Å². The molecule has 29 heavy (non-hydrogen) atoms. The number of hydrogen-bond acceptors (Lipinski definition) is 6. The second-order valence-electron chi connectivity index (χ2n) is 6.78. The van der Waals surface area contributed by atoms with Crippen LogP contribution in [0.5, 0.6) is 23.0 Å². The molecule has 0 saturated heterocycles. The SMILES string of the molecule is CCCn1c(=NC(=O)c2ccc3c(c2)OCCO3)sc2cc3c(cc21)OCCO3. The lowest BCUT2D eigenvalue weighted by atomic mass is 10.2. The summed E-state index contributed by atoms with van der Waals surface area (Å²) in [6.45, 7) is 4.92. The van der Waals surface area contributed by atoms with Crippen molar-refractivity contribution in [2.24, 2.45) is 4.99 Å². The summed E-state index contributed by atoms with van der Waals surface area (Å²) < 4.78 is 25.6. The molecule has 0 fully saturated rings. The maximum absolute atomic E-state index is 12.9. The summed E-state index contributed by atoms with van der Waals surface area (Å²) in [6.07, 6.45) is 0.922. The Kier molecular flexibility index (Phi) is 4.63. The fourth-order valence-corrected chi connectivity index (χ4v) is 4.52. The third-order valence-electron chi connectivity index (χ3n) is 4.78. The highest BCUT2D eigenvalue weighted by molar-refractivity contribution is 7.16. The van der Waals surface area contributed by atoms with Gasteiger partial charge in [-0.15, -0.1) is 0 Å². The maximum Gasteiger partial charge on any atom is 0.279 e. The number of fused-ring (bicyclic) bond motifs is 3. The topological polar surface area (TPSA) is 71.3 Å². The largest absolute Gasteiger partial charge is 0.486 e. The van der Waals surface area contributed by atoms with Crippen molar-refractivity contribution in [3.63, 3.8) is 0 Å². The molecule has 2 aromatic carbocycles. The molecular formula is C21H20N2O5S. The molecule has 0 radical (unpaired) electrons. The van der Waals surface area contributed by atoms with Crippen LogP contribution in [-0.4, -0.2) is 36.9 Å². The molecule has 150 valence electrons. The first-order chi connectivity index (χ1) is 14.2. The number of carbonyl (C=O) groups is 1. The minimum Gasteiger partial charge on any atom is -0.486 e. The van der Waals surface area contributed by atoms with Crippen LogP contribution in [0.4, 0.5) is 0 Å². The van der Waals surface area contributed by atoms with Gasteiger partial charge in [0.1, 0.15) is 26.4 Å². The van der Waals surface area contributed by atoms with Gasteiger partial charge < -0.3 is 23.5 Å². The fraction of sp³-hybridized carbons (Fsp3) is 0.333. The number of thiazole rings is 1. The van der Waals surface area contributed by atoms with Gasteiger partial charge in [0.15, 0.2) is 27.8 Å². The molecule has 0 saturated carbocycles. The average molecular weight is 412 g/mol. The zero-order valence-corrected chi connectivity index (χ0v) is 16.8. The Balaban J connectivity index is 1.58. The highest BCUT2D eigenvalue weighted by Gasteiger charge is 2.18. The van der Waals surface area contributed by atoms with E-state index in [0.717, 1.165) is 34.7 Å². The molecule has 2 aliphatic heterocycles. The maximum atomic E-state index is 12.9. The highest BCUT2D eigenvalue weighted by Crippen LogP contribution is 2.36. The van der Waals surface area contributed by atoms with E-state index in [-0.39, 0.29) is 5.91 Å². The summed E-state index contributed by atoms with van der Waals surface area (Å²) in [7, 11) is 0. The summed E-state index contributed by atoms with van der Waals surface area (Å²) >= 11 is 1.47. The van der Waals surface area contributed by atoms with Crippen molar-refractivity contribution < 1.29 is 23.7 Å². The van der Waals surface area contributed by atoms with E-state index in [4.69, 9.17) is 18.9 Å². The monoisotopic (exact) mass is 412 g/mol. The number of aromatic nitrogens is 1. The van der Waals surface area contributed by atoms with Gasteiger partial charge >= 0.3 is 0 Å². The number of carbonyl (C=O) groups excluding carboxylic acids is 1. The highest BCUT2D eigenvalue weighted by atomic mass is 32.1. The number of rotatable bonds is 3. The lowest BCUT2D eigenvalue weighted by Gasteiger charge is -2.18. The van der Waals surface area contributed by atoms with E-state index in [1.807, 2.05) is 12.1 Å². The Bertz CT molecular complexity index is 1160. The normalized spacial score (nSPS) is 15.6. The molecule has 1 aromatic heterocycles. The van der Waals surface area contributed by atoms with E-state index in [2.05, 4.69) is 16.5 Å². The average Bonchev–Trinajstić information content (AvgIpc) is 3.08. The Morgan fingerprint density at radius 1 is 0.966 bits per heavy atom. The van der Waals surface area contributed by atoms with Gasteiger partial charge in [0.2, 0.25) is 0 Å². The summed E-state index contributed by atoms with van der Waals surface area (Å²) in [6, 6.07) is 9.11. The molecule has 7 nitrogen and oxygen atoms in total. The molecule has 2 aliphatic rings. The van der Waals surface area contributed by atoms with Crippen LogP contribution < -0.4 is 23.7 Å². The summed E-state index contributed by atoms with van der Waals surface area (Å²) in [4.78, 5) is 18.0.